The van der Waals surface area contributed by atoms with Gasteiger partial charge >= 0.3 is 23.1 Å². The van der Waals surface area contributed by atoms with Crippen molar-refractivity contribution < 1.29 is 0 Å². The summed E-state index contributed by atoms with van der Waals surface area (Å²) >= 11 is 0. The molecule has 2 aromatic carbocycles. The first-order chi connectivity index (χ1) is 10.8. The van der Waals surface area contributed by atoms with Crippen LogP contribution in [-0.4, -0.2) is 23.1 Å². The van der Waals surface area contributed by atoms with Crippen LogP contribution in [0.4, 0.5) is 0 Å². The largest absolute Gasteiger partial charge is 2.00 e. The van der Waals surface area contributed by atoms with Gasteiger partial charge in [-0.25, -0.2) is 24.3 Å². The molecule has 0 nitrogen and oxygen atoms in total. The summed E-state index contributed by atoms with van der Waals surface area (Å²) in [6.07, 6.45) is 10.2. The molecule has 23 heavy (non-hydrogen) atoms. The van der Waals surface area contributed by atoms with Gasteiger partial charge in [0.05, 0.1) is 0 Å². The van der Waals surface area contributed by atoms with Crippen LogP contribution in [0.3, 0.4) is 0 Å². The van der Waals surface area contributed by atoms with Crippen LogP contribution in [0.25, 0.3) is 0 Å². The Morgan fingerprint density at radius 2 is 1.09 bits per heavy atom. The van der Waals surface area contributed by atoms with E-state index in [1.807, 2.05) is 0 Å². The predicted molar refractivity (Wildman–Crippen MR) is 106 cm³/mol. The van der Waals surface area contributed by atoms with Crippen molar-refractivity contribution in [3.63, 3.8) is 0 Å². The normalized spacial score (nSPS) is 9.91. The summed E-state index contributed by atoms with van der Waals surface area (Å²) < 4.78 is 0. The molecule has 0 aliphatic heterocycles. The Morgan fingerprint density at radius 3 is 1.39 bits per heavy atom. The van der Waals surface area contributed by atoms with E-state index in [1.165, 1.54) is 51.4 Å². The first-order valence-corrected chi connectivity index (χ1v) is 9.23. The number of hydrogen-bond donors (Lipinski definition) is 0. The number of hydrogen-bond acceptors (Lipinski definition) is 0. The average Bonchev–Trinajstić information content (AvgIpc) is 3.19. The van der Waals surface area contributed by atoms with E-state index in [2.05, 4.69) is 64.1 Å². The molecule has 0 fully saturated rings. The van der Waals surface area contributed by atoms with Gasteiger partial charge in [-0.1, -0.05) is 79.1 Å². The molecule has 0 saturated heterocycles. The Kier molecular flexibility index (Phi) is 13.5. The summed E-state index contributed by atoms with van der Waals surface area (Å²) in [5.41, 5.74) is 6.21. The second kappa shape index (κ2) is 13.9. The van der Waals surface area contributed by atoms with E-state index in [4.69, 9.17) is 0 Å². The van der Waals surface area contributed by atoms with E-state index in [1.54, 1.807) is 22.3 Å². The first kappa shape index (κ1) is 22.5. The van der Waals surface area contributed by atoms with Crippen LogP contribution in [0.5, 0.6) is 0 Å². The standard InChI is InChI=1S/2C11H17.Mg/c2*1-3-5-7-11-9-6-8-10(11)4-2;/h2*6,8-9H,3-5,7H2,1-2H3;/q2*-1;+2. The predicted octanol–water partition coefficient (Wildman–Crippen LogP) is 6.24. The van der Waals surface area contributed by atoms with Crippen LogP contribution in [0.1, 0.15) is 75.6 Å². The van der Waals surface area contributed by atoms with Gasteiger partial charge in [0.15, 0.2) is 0 Å². The molecule has 0 atom stereocenters. The van der Waals surface area contributed by atoms with Gasteiger partial charge in [-0.3, -0.25) is 0 Å². The van der Waals surface area contributed by atoms with E-state index in [-0.39, 0.29) is 23.1 Å². The van der Waals surface area contributed by atoms with E-state index in [0.29, 0.717) is 0 Å². The third-order valence-corrected chi connectivity index (χ3v) is 4.38. The molecule has 0 bridgehead atoms. The molecule has 0 unspecified atom stereocenters. The minimum atomic E-state index is 0. The maximum absolute atomic E-state index is 2.26. The average molecular weight is 323 g/mol. The molecular weight excluding hydrogens is 289 g/mol. The Balaban J connectivity index is 0.000000403. The molecule has 0 aromatic heterocycles. The summed E-state index contributed by atoms with van der Waals surface area (Å²) in [5, 5.41) is 0. The van der Waals surface area contributed by atoms with Crippen LogP contribution >= 0.6 is 0 Å². The van der Waals surface area contributed by atoms with Crippen molar-refractivity contribution in [2.45, 2.75) is 79.1 Å². The van der Waals surface area contributed by atoms with E-state index < -0.39 is 0 Å². The monoisotopic (exact) mass is 322 g/mol. The molecule has 0 aliphatic carbocycles. The van der Waals surface area contributed by atoms with Gasteiger partial charge in [-0.2, -0.15) is 34.4 Å². The number of aryl methyl sites for hydroxylation is 4. The summed E-state index contributed by atoms with van der Waals surface area (Å²) in [5.74, 6) is 0. The fourth-order valence-corrected chi connectivity index (χ4v) is 2.90. The zero-order chi connectivity index (χ0) is 16.2. The Bertz CT molecular complexity index is 443. The Morgan fingerprint density at radius 1 is 0.696 bits per heavy atom. The molecular formula is C22H34Mg. The second-order valence-corrected chi connectivity index (χ2v) is 6.07. The SMILES string of the molecule is CCCCc1ccc[c-]1CC.CCCCc1ccc[c-]1CC.[Mg+2]. The summed E-state index contributed by atoms with van der Waals surface area (Å²) in [6.45, 7) is 8.94. The Hall–Kier alpha value is -0.534. The summed E-state index contributed by atoms with van der Waals surface area (Å²) in [4.78, 5) is 0. The molecule has 0 radical (unpaired) electrons. The molecule has 2 rings (SSSR count). The zero-order valence-corrected chi connectivity index (χ0v) is 17.2. The van der Waals surface area contributed by atoms with Crippen molar-refractivity contribution in [1.82, 2.24) is 0 Å². The molecule has 0 spiro atoms. The van der Waals surface area contributed by atoms with E-state index in [9.17, 15) is 0 Å². The van der Waals surface area contributed by atoms with Crippen molar-refractivity contribution in [3.8, 4) is 0 Å². The van der Waals surface area contributed by atoms with Crippen LogP contribution in [0.15, 0.2) is 36.4 Å². The van der Waals surface area contributed by atoms with Gasteiger partial charge in [-0.05, 0) is 0 Å². The minimum absolute atomic E-state index is 0. The zero-order valence-electron chi connectivity index (χ0n) is 15.8. The molecule has 2 aromatic rings. The van der Waals surface area contributed by atoms with Gasteiger partial charge in [0.2, 0.25) is 0 Å². The van der Waals surface area contributed by atoms with Crippen molar-refractivity contribution in [2.24, 2.45) is 0 Å². The van der Waals surface area contributed by atoms with Crippen molar-refractivity contribution in [1.29, 1.82) is 0 Å². The quantitative estimate of drug-likeness (QED) is 0.398. The third kappa shape index (κ3) is 8.22. The van der Waals surface area contributed by atoms with Gasteiger partial charge in [0, 0.05) is 0 Å². The minimum Gasteiger partial charge on any atom is -0.213 e. The molecule has 0 heterocycles. The van der Waals surface area contributed by atoms with Crippen molar-refractivity contribution in [2.75, 3.05) is 0 Å². The molecule has 1 heteroatoms. The topological polar surface area (TPSA) is 0 Å². The smallest absolute Gasteiger partial charge is 0.213 e. The summed E-state index contributed by atoms with van der Waals surface area (Å²) in [6, 6.07) is 13.3. The maximum Gasteiger partial charge on any atom is 2.00 e. The fourth-order valence-electron chi connectivity index (χ4n) is 2.90. The van der Waals surface area contributed by atoms with Crippen LogP contribution in [0, 0.1) is 0 Å². The summed E-state index contributed by atoms with van der Waals surface area (Å²) in [7, 11) is 0. The molecule has 0 N–H and O–H groups in total. The van der Waals surface area contributed by atoms with Gasteiger partial charge < -0.3 is 0 Å². The van der Waals surface area contributed by atoms with Crippen molar-refractivity contribution in [3.05, 3.63) is 58.7 Å². The van der Waals surface area contributed by atoms with Crippen LogP contribution in [-0.2, 0) is 25.7 Å². The van der Waals surface area contributed by atoms with Crippen molar-refractivity contribution >= 4 is 23.1 Å². The second-order valence-electron chi connectivity index (χ2n) is 6.07. The van der Waals surface area contributed by atoms with Crippen LogP contribution in [0.2, 0.25) is 0 Å². The van der Waals surface area contributed by atoms with E-state index >= 15 is 0 Å². The molecule has 124 valence electrons. The third-order valence-electron chi connectivity index (χ3n) is 4.38. The van der Waals surface area contributed by atoms with Gasteiger partial charge in [0.25, 0.3) is 0 Å². The van der Waals surface area contributed by atoms with E-state index in [0.717, 1.165) is 0 Å². The van der Waals surface area contributed by atoms with Gasteiger partial charge in [0.1, 0.15) is 0 Å². The van der Waals surface area contributed by atoms with Crippen LogP contribution < -0.4 is 0 Å². The molecule has 0 aliphatic rings. The fraction of sp³-hybridized carbons (Fsp3) is 0.545. The maximum atomic E-state index is 2.26. The first-order valence-electron chi connectivity index (χ1n) is 9.23. The van der Waals surface area contributed by atoms with Gasteiger partial charge in [-0.15, -0.1) is 0 Å². The Labute approximate surface area is 160 Å². The molecule has 0 amide bonds. The molecule has 0 saturated carbocycles. The number of rotatable bonds is 8. The number of unbranched alkanes of at least 4 members (excludes halogenated alkanes) is 2.